The van der Waals surface area contributed by atoms with Crippen molar-refractivity contribution in [2.24, 2.45) is 11.8 Å². The van der Waals surface area contributed by atoms with Crippen molar-refractivity contribution in [2.75, 3.05) is 38.1 Å². The molecule has 0 aliphatic carbocycles. The third-order valence-corrected chi connectivity index (χ3v) is 5.86. The summed E-state index contributed by atoms with van der Waals surface area (Å²) in [7, 11) is 1.97. The van der Waals surface area contributed by atoms with Crippen LogP contribution in [0.15, 0.2) is 18.3 Å². The number of likely N-dealkylation sites (N-methyl/N-ethyl adjacent to an activating group) is 1. The lowest BCUT2D eigenvalue weighted by atomic mass is 9.85. The van der Waals surface area contributed by atoms with Crippen molar-refractivity contribution in [2.45, 2.75) is 45.1 Å². The summed E-state index contributed by atoms with van der Waals surface area (Å²) >= 11 is 0. The van der Waals surface area contributed by atoms with Gasteiger partial charge < -0.3 is 15.1 Å². The van der Waals surface area contributed by atoms with Crippen molar-refractivity contribution < 1.29 is 4.79 Å². The number of hydrogen-bond acceptors (Lipinski definition) is 5. The van der Waals surface area contributed by atoms with Gasteiger partial charge in [-0.2, -0.15) is 5.10 Å². The maximum atomic E-state index is 12.8. The van der Waals surface area contributed by atoms with E-state index in [4.69, 9.17) is 0 Å². The van der Waals surface area contributed by atoms with Gasteiger partial charge in [0.25, 0.3) is 0 Å². The van der Waals surface area contributed by atoms with Crippen LogP contribution >= 0.6 is 24.8 Å². The highest BCUT2D eigenvalue weighted by Crippen LogP contribution is 2.25. The zero-order valence-corrected chi connectivity index (χ0v) is 18.0. The van der Waals surface area contributed by atoms with Gasteiger partial charge in [0.05, 0.1) is 0 Å². The molecule has 2 aliphatic rings. The van der Waals surface area contributed by atoms with Gasteiger partial charge in [0.2, 0.25) is 5.91 Å². The van der Waals surface area contributed by atoms with Gasteiger partial charge in [0, 0.05) is 38.8 Å². The topological polar surface area (TPSA) is 61.4 Å². The summed E-state index contributed by atoms with van der Waals surface area (Å²) < 4.78 is 0. The van der Waals surface area contributed by atoms with E-state index >= 15 is 0 Å². The Kier molecular flexibility index (Phi) is 10.3. The number of aromatic nitrogens is 2. The molecule has 0 aromatic carbocycles. The van der Waals surface area contributed by atoms with E-state index in [9.17, 15) is 4.79 Å². The quantitative estimate of drug-likeness (QED) is 0.797. The lowest BCUT2D eigenvalue weighted by molar-refractivity contribution is -0.133. The summed E-state index contributed by atoms with van der Waals surface area (Å²) in [5.74, 6) is 2.27. The molecule has 3 rings (SSSR count). The van der Waals surface area contributed by atoms with Gasteiger partial charge in [-0.05, 0) is 62.7 Å². The Hall–Kier alpha value is -1.11. The smallest absolute Gasteiger partial charge is 0.222 e. The molecular formula is C19H33Cl2N5O. The Morgan fingerprint density at radius 2 is 2.19 bits per heavy atom. The Morgan fingerprint density at radius 1 is 1.37 bits per heavy atom. The lowest BCUT2D eigenvalue weighted by Crippen LogP contribution is -2.49. The highest BCUT2D eigenvalue weighted by atomic mass is 35.5. The summed E-state index contributed by atoms with van der Waals surface area (Å²) in [5, 5.41) is 11.7. The average molecular weight is 418 g/mol. The molecule has 1 aromatic heterocycles. The molecule has 3 atom stereocenters. The first-order valence-corrected chi connectivity index (χ1v) is 9.64. The summed E-state index contributed by atoms with van der Waals surface area (Å²) in [6.45, 7) is 6.25. The molecule has 3 heterocycles. The minimum Gasteiger partial charge on any atom is -0.353 e. The van der Waals surface area contributed by atoms with Gasteiger partial charge in [-0.1, -0.05) is 6.92 Å². The second kappa shape index (κ2) is 11.7. The van der Waals surface area contributed by atoms with Crippen molar-refractivity contribution in [3.05, 3.63) is 18.3 Å². The second-order valence-corrected chi connectivity index (χ2v) is 7.62. The molecular weight excluding hydrogens is 385 g/mol. The molecule has 27 heavy (non-hydrogen) atoms. The summed E-state index contributed by atoms with van der Waals surface area (Å²) in [6.07, 6.45) is 6.98. The number of nitrogens with zero attached hydrogens (tertiary/aromatic N) is 4. The lowest BCUT2D eigenvalue weighted by Gasteiger charge is -2.38. The number of amides is 1. The maximum absolute atomic E-state index is 12.8. The van der Waals surface area contributed by atoms with E-state index in [1.165, 1.54) is 12.8 Å². The molecule has 0 saturated carbocycles. The number of carbonyl (C=O) groups is 1. The minimum atomic E-state index is 0. The first-order valence-electron chi connectivity index (χ1n) is 9.64. The summed E-state index contributed by atoms with van der Waals surface area (Å²) in [5.41, 5.74) is 0. The van der Waals surface area contributed by atoms with E-state index in [2.05, 4.69) is 27.3 Å². The molecule has 154 valence electrons. The van der Waals surface area contributed by atoms with E-state index in [0.29, 0.717) is 18.3 Å². The van der Waals surface area contributed by atoms with E-state index in [-0.39, 0.29) is 36.8 Å². The molecule has 8 heteroatoms. The van der Waals surface area contributed by atoms with Crippen LogP contribution in [0.1, 0.15) is 39.0 Å². The molecule has 1 aromatic rings. The summed E-state index contributed by atoms with van der Waals surface area (Å²) in [6, 6.07) is 4.18. The van der Waals surface area contributed by atoms with Gasteiger partial charge in [-0.3, -0.25) is 4.79 Å². The van der Waals surface area contributed by atoms with Gasteiger partial charge >= 0.3 is 0 Å². The number of piperidine rings is 2. The number of hydrogen-bond donors (Lipinski definition) is 1. The second-order valence-electron chi connectivity index (χ2n) is 7.62. The molecule has 2 saturated heterocycles. The van der Waals surface area contributed by atoms with Gasteiger partial charge in [-0.15, -0.1) is 29.9 Å². The maximum Gasteiger partial charge on any atom is 0.222 e. The van der Waals surface area contributed by atoms with Crippen LogP contribution in [-0.4, -0.2) is 60.3 Å². The molecule has 1 N–H and O–H groups in total. The van der Waals surface area contributed by atoms with E-state index in [0.717, 1.165) is 44.8 Å². The van der Waals surface area contributed by atoms with Crippen molar-refractivity contribution in [1.29, 1.82) is 0 Å². The Morgan fingerprint density at radius 3 is 2.85 bits per heavy atom. The van der Waals surface area contributed by atoms with Crippen LogP contribution in [0.2, 0.25) is 0 Å². The Balaban J connectivity index is 0.00000182. The minimum absolute atomic E-state index is 0. The molecule has 0 bridgehead atoms. The first-order chi connectivity index (χ1) is 12.1. The van der Waals surface area contributed by atoms with Gasteiger partial charge in [-0.25, -0.2) is 0 Å². The average Bonchev–Trinajstić information content (AvgIpc) is 2.68. The fraction of sp³-hybridized carbons (Fsp3) is 0.737. The predicted molar refractivity (Wildman–Crippen MR) is 114 cm³/mol. The SMILES string of the molecule is CC(CC(=O)N(C)C1CCCN(c2cccnn2)C1)C1CCCNC1.Cl.Cl. The molecule has 3 unspecified atom stereocenters. The van der Waals surface area contributed by atoms with Crippen molar-refractivity contribution in [3.8, 4) is 0 Å². The fourth-order valence-electron chi connectivity index (χ4n) is 4.10. The van der Waals surface area contributed by atoms with Gasteiger partial charge in [0.15, 0.2) is 5.82 Å². The van der Waals surface area contributed by atoms with Crippen LogP contribution in [0, 0.1) is 11.8 Å². The zero-order chi connectivity index (χ0) is 17.6. The largest absolute Gasteiger partial charge is 0.353 e. The number of anilines is 1. The molecule has 1 amide bonds. The highest BCUT2D eigenvalue weighted by molar-refractivity contribution is 5.85. The van der Waals surface area contributed by atoms with Crippen molar-refractivity contribution in [3.63, 3.8) is 0 Å². The van der Waals surface area contributed by atoms with Crippen LogP contribution in [0.4, 0.5) is 5.82 Å². The fourth-order valence-corrected chi connectivity index (χ4v) is 4.10. The molecule has 0 radical (unpaired) electrons. The van der Waals surface area contributed by atoms with Crippen LogP contribution < -0.4 is 10.2 Å². The van der Waals surface area contributed by atoms with Crippen LogP contribution in [0.25, 0.3) is 0 Å². The molecule has 2 fully saturated rings. The number of carbonyl (C=O) groups excluding carboxylic acids is 1. The molecule has 2 aliphatic heterocycles. The van der Waals surface area contributed by atoms with E-state index in [1.807, 2.05) is 24.1 Å². The highest BCUT2D eigenvalue weighted by Gasteiger charge is 2.29. The van der Waals surface area contributed by atoms with E-state index in [1.54, 1.807) is 6.20 Å². The third-order valence-electron chi connectivity index (χ3n) is 5.86. The van der Waals surface area contributed by atoms with Crippen LogP contribution in [0.3, 0.4) is 0 Å². The monoisotopic (exact) mass is 417 g/mol. The normalized spacial score (nSPS) is 23.6. The number of rotatable bonds is 5. The van der Waals surface area contributed by atoms with Crippen molar-refractivity contribution >= 4 is 36.5 Å². The zero-order valence-electron chi connectivity index (χ0n) is 16.3. The number of halogens is 2. The Bertz CT molecular complexity index is 556. The summed E-state index contributed by atoms with van der Waals surface area (Å²) in [4.78, 5) is 17.0. The van der Waals surface area contributed by atoms with Crippen LogP contribution in [0.5, 0.6) is 0 Å². The third kappa shape index (κ3) is 6.47. The predicted octanol–water partition coefficient (Wildman–Crippen LogP) is 2.77. The van der Waals surface area contributed by atoms with Crippen molar-refractivity contribution in [1.82, 2.24) is 20.4 Å². The van der Waals surface area contributed by atoms with Gasteiger partial charge in [0.1, 0.15) is 0 Å². The first kappa shape index (κ1) is 23.9. The Labute approximate surface area is 175 Å². The molecule has 6 nitrogen and oxygen atoms in total. The molecule has 0 spiro atoms. The standard InChI is InChI=1S/C19H31N5O.2ClH/c1-15(16-6-3-9-20-13-16)12-19(25)23(2)17-7-5-11-24(14-17)18-8-4-10-21-22-18;;/h4,8,10,15-17,20H,3,5-7,9,11-14H2,1-2H3;2*1H. The number of nitrogens with one attached hydrogen (secondary N) is 1. The van der Waals surface area contributed by atoms with E-state index < -0.39 is 0 Å². The van der Waals surface area contributed by atoms with Crippen LogP contribution in [-0.2, 0) is 4.79 Å².